The van der Waals surface area contributed by atoms with Crippen LogP contribution in [0, 0.1) is 11.3 Å². The number of rotatable bonds is 6. The monoisotopic (exact) mass is 242 g/mol. The highest BCUT2D eigenvalue weighted by atomic mass is 16.6. The van der Waals surface area contributed by atoms with Crippen LogP contribution in [0.2, 0.25) is 0 Å². The fraction of sp³-hybridized carbons (Fsp3) is 0.933. The second-order valence-corrected chi connectivity index (χ2v) is 6.80. The van der Waals surface area contributed by atoms with Gasteiger partial charge in [0, 0.05) is 0 Å². The van der Waals surface area contributed by atoms with E-state index in [1.165, 1.54) is 19.3 Å². The Morgan fingerprint density at radius 1 is 1.18 bits per heavy atom. The Bertz CT molecular complexity index is 236. The van der Waals surface area contributed by atoms with E-state index in [1.54, 1.807) is 0 Å². The molecule has 17 heavy (non-hydrogen) atoms. The molecule has 1 unspecified atom stereocenters. The Hall–Kier alpha value is -0.530. The van der Waals surface area contributed by atoms with Gasteiger partial charge in [0.15, 0.2) is 0 Å². The second kappa shape index (κ2) is 6.42. The molecule has 1 atom stereocenters. The molecule has 0 spiro atoms. The van der Waals surface area contributed by atoms with Gasteiger partial charge in [-0.1, -0.05) is 47.0 Å². The van der Waals surface area contributed by atoms with E-state index in [9.17, 15) is 4.79 Å². The zero-order chi connectivity index (χ0) is 13.7. The lowest BCUT2D eigenvalue weighted by atomic mass is 9.75. The first-order valence-electron chi connectivity index (χ1n) is 6.80. The molecule has 0 fully saturated rings. The summed E-state index contributed by atoms with van der Waals surface area (Å²) in [5.74, 6) is 0.473. The second-order valence-electron chi connectivity index (χ2n) is 6.80. The molecular formula is C15H30O2. The zero-order valence-corrected chi connectivity index (χ0v) is 12.7. The van der Waals surface area contributed by atoms with Gasteiger partial charge in [-0.15, -0.1) is 0 Å². The van der Waals surface area contributed by atoms with Gasteiger partial charge in [-0.25, -0.2) is 0 Å². The third-order valence-corrected chi connectivity index (χ3v) is 3.34. The summed E-state index contributed by atoms with van der Waals surface area (Å²) < 4.78 is 5.39. The SMILES string of the molecule is CCCCC(C)C(C)(C)CC(=O)OC(C)(C)C. The third-order valence-electron chi connectivity index (χ3n) is 3.34. The minimum Gasteiger partial charge on any atom is -0.460 e. The van der Waals surface area contributed by atoms with Gasteiger partial charge in [0.25, 0.3) is 0 Å². The molecule has 0 aliphatic rings. The lowest BCUT2D eigenvalue weighted by molar-refractivity contribution is -0.158. The molecule has 0 saturated heterocycles. The fourth-order valence-corrected chi connectivity index (χ4v) is 1.82. The highest BCUT2D eigenvalue weighted by Crippen LogP contribution is 2.34. The van der Waals surface area contributed by atoms with Gasteiger partial charge in [0.1, 0.15) is 5.60 Å². The highest BCUT2D eigenvalue weighted by molar-refractivity contribution is 5.70. The molecule has 2 nitrogen and oxygen atoms in total. The van der Waals surface area contributed by atoms with Gasteiger partial charge in [-0.2, -0.15) is 0 Å². The molecule has 0 N–H and O–H groups in total. The van der Waals surface area contributed by atoms with Gasteiger partial charge < -0.3 is 4.74 Å². The maximum atomic E-state index is 11.8. The summed E-state index contributed by atoms with van der Waals surface area (Å²) in [6, 6.07) is 0. The Morgan fingerprint density at radius 2 is 1.71 bits per heavy atom. The standard InChI is InChI=1S/C15H30O2/c1-8-9-10-12(2)15(6,7)11-13(16)17-14(3,4)5/h12H,8-11H2,1-7H3. The van der Waals surface area contributed by atoms with Crippen LogP contribution in [0.3, 0.4) is 0 Å². The van der Waals surface area contributed by atoms with Crippen LogP contribution in [0.5, 0.6) is 0 Å². The van der Waals surface area contributed by atoms with Crippen LogP contribution in [-0.2, 0) is 9.53 Å². The van der Waals surface area contributed by atoms with Crippen LogP contribution in [0.1, 0.15) is 74.1 Å². The minimum absolute atomic E-state index is 0.0253. The van der Waals surface area contributed by atoms with E-state index in [2.05, 4.69) is 27.7 Å². The van der Waals surface area contributed by atoms with E-state index in [0.29, 0.717) is 12.3 Å². The smallest absolute Gasteiger partial charge is 0.306 e. The summed E-state index contributed by atoms with van der Waals surface area (Å²) in [4.78, 5) is 11.8. The number of carbonyl (C=O) groups excluding carboxylic acids is 1. The van der Waals surface area contributed by atoms with Crippen LogP contribution in [0.15, 0.2) is 0 Å². The molecule has 0 aliphatic carbocycles. The Labute approximate surface area is 107 Å². The van der Waals surface area contributed by atoms with Crippen LogP contribution in [-0.4, -0.2) is 11.6 Å². The summed E-state index contributed by atoms with van der Waals surface area (Å²) in [5.41, 5.74) is -0.350. The predicted octanol–water partition coefficient (Wildman–Crippen LogP) is 4.57. The average Bonchev–Trinajstić information content (AvgIpc) is 2.09. The van der Waals surface area contributed by atoms with Crippen LogP contribution in [0.4, 0.5) is 0 Å². The normalized spacial score (nSPS) is 14.5. The number of unbranched alkanes of at least 4 members (excludes halogenated alkanes) is 1. The third kappa shape index (κ3) is 7.40. The summed E-state index contributed by atoms with van der Waals surface area (Å²) in [7, 11) is 0. The van der Waals surface area contributed by atoms with Crippen molar-refractivity contribution in [3.8, 4) is 0 Å². The van der Waals surface area contributed by atoms with E-state index < -0.39 is 0 Å². The number of ether oxygens (including phenoxy) is 1. The maximum Gasteiger partial charge on any atom is 0.306 e. The maximum absolute atomic E-state index is 11.8. The van der Waals surface area contributed by atoms with E-state index >= 15 is 0 Å². The van der Waals surface area contributed by atoms with E-state index in [1.807, 2.05) is 20.8 Å². The number of carbonyl (C=O) groups is 1. The van der Waals surface area contributed by atoms with Gasteiger partial charge in [-0.3, -0.25) is 4.79 Å². The van der Waals surface area contributed by atoms with Crippen molar-refractivity contribution in [2.24, 2.45) is 11.3 Å². The summed E-state index contributed by atoms with van der Waals surface area (Å²) >= 11 is 0. The summed E-state index contributed by atoms with van der Waals surface area (Å²) in [5, 5.41) is 0. The highest BCUT2D eigenvalue weighted by Gasteiger charge is 2.30. The molecule has 0 amide bonds. The lowest BCUT2D eigenvalue weighted by Gasteiger charge is -2.32. The van der Waals surface area contributed by atoms with Crippen LogP contribution < -0.4 is 0 Å². The minimum atomic E-state index is -0.375. The lowest BCUT2D eigenvalue weighted by Crippen LogP contribution is -2.30. The van der Waals surface area contributed by atoms with Crippen molar-refractivity contribution in [1.29, 1.82) is 0 Å². The molecule has 0 aromatic carbocycles. The molecule has 0 bridgehead atoms. The summed E-state index contributed by atoms with van der Waals surface area (Å²) in [6.45, 7) is 14.5. The van der Waals surface area contributed by atoms with Crippen molar-refractivity contribution >= 4 is 5.97 Å². The number of esters is 1. The van der Waals surface area contributed by atoms with Crippen LogP contribution >= 0.6 is 0 Å². The van der Waals surface area contributed by atoms with Crippen molar-refractivity contribution in [2.75, 3.05) is 0 Å². The van der Waals surface area contributed by atoms with Gasteiger partial charge in [0.05, 0.1) is 6.42 Å². The van der Waals surface area contributed by atoms with Gasteiger partial charge in [-0.05, 0) is 32.1 Å². The van der Waals surface area contributed by atoms with E-state index in [-0.39, 0.29) is 17.0 Å². The van der Waals surface area contributed by atoms with Crippen molar-refractivity contribution in [1.82, 2.24) is 0 Å². The van der Waals surface area contributed by atoms with Crippen molar-refractivity contribution < 1.29 is 9.53 Å². The van der Waals surface area contributed by atoms with Gasteiger partial charge >= 0.3 is 5.97 Å². The topological polar surface area (TPSA) is 26.3 Å². The average molecular weight is 242 g/mol. The van der Waals surface area contributed by atoms with Gasteiger partial charge in [0.2, 0.25) is 0 Å². The Kier molecular flexibility index (Phi) is 6.22. The molecule has 0 radical (unpaired) electrons. The van der Waals surface area contributed by atoms with Crippen LogP contribution in [0.25, 0.3) is 0 Å². The summed E-state index contributed by atoms with van der Waals surface area (Å²) in [6.07, 6.45) is 4.15. The fourth-order valence-electron chi connectivity index (χ4n) is 1.82. The molecule has 102 valence electrons. The molecule has 0 aliphatic heterocycles. The quantitative estimate of drug-likeness (QED) is 0.638. The van der Waals surface area contributed by atoms with Crippen molar-refractivity contribution in [3.05, 3.63) is 0 Å². The first-order chi connectivity index (χ1) is 7.58. The van der Waals surface area contributed by atoms with E-state index in [4.69, 9.17) is 4.74 Å². The van der Waals surface area contributed by atoms with Crippen molar-refractivity contribution in [2.45, 2.75) is 79.8 Å². The molecular weight excluding hydrogens is 212 g/mol. The molecule has 0 saturated carbocycles. The zero-order valence-electron chi connectivity index (χ0n) is 12.7. The van der Waals surface area contributed by atoms with Crippen molar-refractivity contribution in [3.63, 3.8) is 0 Å². The first-order valence-corrected chi connectivity index (χ1v) is 6.80. The first kappa shape index (κ1) is 16.5. The molecule has 0 rings (SSSR count). The van der Waals surface area contributed by atoms with E-state index in [0.717, 1.165) is 0 Å². The molecule has 0 heterocycles. The molecule has 0 aromatic rings. The number of hydrogen-bond acceptors (Lipinski definition) is 2. The Morgan fingerprint density at radius 3 is 2.12 bits per heavy atom. The largest absolute Gasteiger partial charge is 0.460 e. The number of hydrogen-bond donors (Lipinski definition) is 0. The Balaban J connectivity index is 4.28. The molecule has 0 aromatic heterocycles. The molecule has 2 heteroatoms. The predicted molar refractivity (Wildman–Crippen MR) is 72.9 cm³/mol.